The van der Waals surface area contributed by atoms with Gasteiger partial charge in [-0.15, -0.1) is 0 Å². The largest absolute Gasteiger partial charge is 0.309 e. The molecule has 112 valence electrons. The molecule has 0 saturated heterocycles. The maximum Gasteiger partial charge on any atom is 0.258 e. The third-order valence-electron chi connectivity index (χ3n) is 4.00. The lowest BCUT2D eigenvalue weighted by Gasteiger charge is -2.24. The van der Waals surface area contributed by atoms with Crippen molar-refractivity contribution in [3.8, 4) is 0 Å². The van der Waals surface area contributed by atoms with E-state index in [2.05, 4.69) is 33.9 Å². The fourth-order valence-electron chi connectivity index (χ4n) is 2.57. The standard InChI is InChI=1S/C18H19N3O/c1-13(14-8-4-3-5-9-14)21(2)12-17-19-16-11-7-6-10-15(16)18(22)20-17/h3-11,13H,12H2,1-2H3,(H,19,20,22)/t13-/m1/s1. The van der Waals surface area contributed by atoms with Crippen LogP contribution in [0.4, 0.5) is 0 Å². The van der Waals surface area contributed by atoms with Crippen LogP contribution >= 0.6 is 0 Å². The van der Waals surface area contributed by atoms with Crippen molar-refractivity contribution < 1.29 is 0 Å². The van der Waals surface area contributed by atoms with E-state index in [0.717, 1.165) is 5.52 Å². The first kappa shape index (κ1) is 14.5. The zero-order chi connectivity index (χ0) is 15.5. The molecule has 0 aliphatic rings. The molecule has 0 spiro atoms. The molecule has 0 fully saturated rings. The van der Waals surface area contributed by atoms with Crippen molar-refractivity contribution in [2.75, 3.05) is 7.05 Å². The van der Waals surface area contributed by atoms with Crippen molar-refractivity contribution in [3.63, 3.8) is 0 Å². The zero-order valence-corrected chi connectivity index (χ0v) is 12.8. The SMILES string of the molecule is C[C@H](c1ccccc1)N(C)Cc1nc2ccccc2c(=O)[nH]1. The Morgan fingerprint density at radius 3 is 2.55 bits per heavy atom. The summed E-state index contributed by atoms with van der Waals surface area (Å²) in [7, 11) is 2.03. The van der Waals surface area contributed by atoms with E-state index in [1.165, 1.54) is 5.56 Å². The van der Waals surface area contributed by atoms with E-state index < -0.39 is 0 Å². The summed E-state index contributed by atoms with van der Waals surface area (Å²) in [6.07, 6.45) is 0. The topological polar surface area (TPSA) is 49.0 Å². The average Bonchev–Trinajstić information content (AvgIpc) is 2.55. The van der Waals surface area contributed by atoms with Gasteiger partial charge in [-0.05, 0) is 31.7 Å². The van der Waals surface area contributed by atoms with E-state index in [0.29, 0.717) is 17.8 Å². The number of benzene rings is 2. The lowest BCUT2D eigenvalue weighted by atomic mass is 10.1. The number of aromatic nitrogens is 2. The molecule has 4 heteroatoms. The Morgan fingerprint density at radius 2 is 1.77 bits per heavy atom. The van der Waals surface area contributed by atoms with Crippen molar-refractivity contribution in [1.82, 2.24) is 14.9 Å². The summed E-state index contributed by atoms with van der Waals surface area (Å²) in [6.45, 7) is 2.74. The highest BCUT2D eigenvalue weighted by Crippen LogP contribution is 2.19. The molecule has 0 radical (unpaired) electrons. The van der Waals surface area contributed by atoms with Crippen molar-refractivity contribution >= 4 is 10.9 Å². The highest BCUT2D eigenvalue weighted by molar-refractivity contribution is 5.77. The minimum absolute atomic E-state index is 0.0821. The number of hydrogen-bond acceptors (Lipinski definition) is 3. The molecule has 0 saturated carbocycles. The van der Waals surface area contributed by atoms with E-state index >= 15 is 0 Å². The van der Waals surface area contributed by atoms with Gasteiger partial charge in [0.2, 0.25) is 0 Å². The third kappa shape index (κ3) is 2.92. The van der Waals surface area contributed by atoms with Gasteiger partial charge >= 0.3 is 0 Å². The highest BCUT2D eigenvalue weighted by Gasteiger charge is 2.13. The maximum absolute atomic E-state index is 12.1. The van der Waals surface area contributed by atoms with Crippen LogP contribution in [0.25, 0.3) is 10.9 Å². The Kier molecular flexibility index (Phi) is 4.02. The first-order valence-electron chi connectivity index (χ1n) is 7.38. The Hall–Kier alpha value is -2.46. The molecule has 1 atom stereocenters. The van der Waals surface area contributed by atoms with Crippen LogP contribution in [0.1, 0.15) is 24.4 Å². The van der Waals surface area contributed by atoms with E-state index in [-0.39, 0.29) is 11.6 Å². The van der Waals surface area contributed by atoms with Gasteiger partial charge in [0.05, 0.1) is 17.4 Å². The van der Waals surface area contributed by atoms with Crippen molar-refractivity contribution in [3.05, 3.63) is 76.3 Å². The highest BCUT2D eigenvalue weighted by atomic mass is 16.1. The predicted molar refractivity (Wildman–Crippen MR) is 88.7 cm³/mol. The van der Waals surface area contributed by atoms with Crippen LogP contribution in [0.15, 0.2) is 59.4 Å². The first-order valence-corrected chi connectivity index (χ1v) is 7.38. The summed E-state index contributed by atoms with van der Waals surface area (Å²) < 4.78 is 0. The first-order chi connectivity index (χ1) is 10.6. The summed E-state index contributed by atoms with van der Waals surface area (Å²) in [6, 6.07) is 18.0. The van der Waals surface area contributed by atoms with Crippen LogP contribution in [0.2, 0.25) is 0 Å². The lowest BCUT2D eigenvalue weighted by Crippen LogP contribution is -2.25. The molecule has 1 aromatic heterocycles. The lowest BCUT2D eigenvalue weighted by molar-refractivity contribution is 0.247. The molecule has 0 amide bonds. The normalized spacial score (nSPS) is 12.7. The number of nitrogens with one attached hydrogen (secondary N) is 1. The third-order valence-corrected chi connectivity index (χ3v) is 4.00. The number of para-hydroxylation sites is 1. The second kappa shape index (κ2) is 6.12. The number of rotatable bonds is 4. The number of fused-ring (bicyclic) bond motifs is 1. The fraction of sp³-hybridized carbons (Fsp3) is 0.222. The smallest absolute Gasteiger partial charge is 0.258 e. The summed E-state index contributed by atoms with van der Waals surface area (Å²) in [5.41, 5.74) is 1.90. The molecule has 3 aromatic rings. The van der Waals surface area contributed by atoms with Crippen LogP contribution < -0.4 is 5.56 Å². The molecule has 1 heterocycles. The van der Waals surface area contributed by atoms with Gasteiger partial charge in [-0.1, -0.05) is 42.5 Å². The van der Waals surface area contributed by atoms with Gasteiger partial charge < -0.3 is 4.98 Å². The van der Waals surface area contributed by atoms with Crippen LogP contribution in [0, 0.1) is 0 Å². The number of H-pyrrole nitrogens is 1. The van der Waals surface area contributed by atoms with Crippen molar-refractivity contribution in [2.45, 2.75) is 19.5 Å². The summed E-state index contributed by atoms with van der Waals surface area (Å²) in [4.78, 5) is 21.7. The molecule has 0 unspecified atom stereocenters. The second-order valence-electron chi connectivity index (χ2n) is 5.53. The zero-order valence-electron chi connectivity index (χ0n) is 12.8. The monoisotopic (exact) mass is 293 g/mol. The van der Waals surface area contributed by atoms with E-state index in [9.17, 15) is 4.79 Å². The van der Waals surface area contributed by atoms with Gasteiger partial charge in [-0.2, -0.15) is 0 Å². The van der Waals surface area contributed by atoms with Crippen LogP contribution in [-0.2, 0) is 6.54 Å². The Labute approximate surface area is 129 Å². The molecule has 0 aliphatic heterocycles. The molecule has 0 bridgehead atoms. The van der Waals surface area contributed by atoms with Gasteiger partial charge in [0.25, 0.3) is 5.56 Å². The summed E-state index contributed by atoms with van der Waals surface area (Å²) in [5.74, 6) is 0.689. The van der Waals surface area contributed by atoms with Crippen LogP contribution in [0.3, 0.4) is 0 Å². The molecular weight excluding hydrogens is 274 g/mol. The van der Waals surface area contributed by atoms with Crippen LogP contribution in [0.5, 0.6) is 0 Å². The fourth-order valence-corrected chi connectivity index (χ4v) is 2.57. The number of aromatic amines is 1. The Morgan fingerprint density at radius 1 is 1.09 bits per heavy atom. The Bertz CT molecular complexity index is 826. The van der Waals surface area contributed by atoms with E-state index in [1.807, 2.05) is 43.4 Å². The summed E-state index contributed by atoms with van der Waals surface area (Å²) >= 11 is 0. The van der Waals surface area contributed by atoms with Gasteiger partial charge in [0, 0.05) is 6.04 Å². The van der Waals surface area contributed by atoms with Gasteiger partial charge in [0.1, 0.15) is 5.82 Å². The molecule has 22 heavy (non-hydrogen) atoms. The van der Waals surface area contributed by atoms with Crippen LogP contribution in [-0.4, -0.2) is 21.9 Å². The molecule has 0 aliphatic carbocycles. The molecule has 2 aromatic carbocycles. The van der Waals surface area contributed by atoms with Crippen molar-refractivity contribution in [2.24, 2.45) is 0 Å². The molecular formula is C18H19N3O. The van der Waals surface area contributed by atoms with Gasteiger partial charge in [-0.3, -0.25) is 9.69 Å². The molecule has 1 N–H and O–H groups in total. The quantitative estimate of drug-likeness (QED) is 0.804. The maximum atomic E-state index is 12.1. The molecule has 4 nitrogen and oxygen atoms in total. The second-order valence-corrected chi connectivity index (χ2v) is 5.53. The average molecular weight is 293 g/mol. The number of nitrogens with zero attached hydrogens (tertiary/aromatic N) is 2. The van der Waals surface area contributed by atoms with Gasteiger partial charge in [-0.25, -0.2) is 4.98 Å². The minimum atomic E-state index is -0.0821. The van der Waals surface area contributed by atoms with Gasteiger partial charge in [0.15, 0.2) is 0 Å². The van der Waals surface area contributed by atoms with E-state index in [1.54, 1.807) is 6.07 Å². The Balaban J connectivity index is 1.85. The minimum Gasteiger partial charge on any atom is -0.309 e. The summed E-state index contributed by atoms with van der Waals surface area (Å²) in [5, 5.41) is 0.630. The van der Waals surface area contributed by atoms with E-state index in [4.69, 9.17) is 0 Å². The number of hydrogen-bond donors (Lipinski definition) is 1. The molecule has 3 rings (SSSR count). The van der Waals surface area contributed by atoms with Crippen molar-refractivity contribution in [1.29, 1.82) is 0 Å². The predicted octanol–water partition coefficient (Wildman–Crippen LogP) is 3.12.